The fourth-order valence-corrected chi connectivity index (χ4v) is 4.75. The molecule has 222 valence electrons. The van der Waals surface area contributed by atoms with E-state index in [1.54, 1.807) is 6.21 Å². The maximum atomic E-state index is 6.32. The van der Waals surface area contributed by atoms with E-state index in [1.165, 1.54) is 19.3 Å². The van der Waals surface area contributed by atoms with Gasteiger partial charge in [-0.3, -0.25) is 15.0 Å². The van der Waals surface area contributed by atoms with Gasteiger partial charge in [0.05, 0.1) is 23.4 Å². The van der Waals surface area contributed by atoms with Crippen LogP contribution in [0, 0.1) is 11.8 Å². The molecular weight excluding hydrogens is 498 g/mol. The van der Waals surface area contributed by atoms with E-state index in [9.17, 15) is 0 Å². The van der Waals surface area contributed by atoms with E-state index in [0.29, 0.717) is 47.9 Å². The fraction of sp³-hybridized carbons (Fsp3) is 0.677. The smallest absolute Gasteiger partial charge is 0.225 e. The fourth-order valence-electron chi connectivity index (χ4n) is 4.75. The van der Waals surface area contributed by atoms with Gasteiger partial charge >= 0.3 is 0 Å². The molecular formula is C31H53N9. The monoisotopic (exact) mass is 551 g/mol. The van der Waals surface area contributed by atoms with Crippen LogP contribution in [0.25, 0.3) is 0 Å². The van der Waals surface area contributed by atoms with E-state index in [-0.39, 0.29) is 0 Å². The van der Waals surface area contributed by atoms with E-state index in [0.717, 1.165) is 49.2 Å². The topological polar surface area (TPSA) is 119 Å². The Morgan fingerprint density at radius 2 is 1.93 bits per heavy atom. The van der Waals surface area contributed by atoms with Gasteiger partial charge in [-0.25, -0.2) is 9.97 Å². The summed E-state index contributed by atoms with van der Waals surface area (Å²) in [6.07, 6.45) is 16.3. The molecule has 2 aromatic rings. The number of imidazole rings is 1. The van der Waals surface area contributed by atoms with Crippen LogP contribution in [0.4, 0.5) is 17.5 Å². The van der Waals surface area contributed by atoms with E-state index in [4.69, 9.17) is 15.7 Å². The Bertz CT molecular complexity index is 1100. The molecule has 9 heteroatoms. The molecule has 0 radical (unpaired) electrons. The van der Waals surface area contributed by atoms with Crippen molar-refractivity contribution in [1.29, 1.82) is 0 Å². The third-order valence-corrected chi connectivity index (χ3v) is 7.51. The summed E-state index contributed by atoms with van der Waals surface area (Å²) in [4.78, 5) is 27.4. The van der Waals surface area contributed by atoms with E-state index in [2.05, 4.69) is 77.6 Å². The summed E-state index contributed by atoms with van der Waals surface area (Å²) < 4.78 is 2.11. The summed E-state index contributed by atoms with van der Waals surface area (Å²) in [6, 6.07) is 0.693. The van der Waals surface area contributed by atoms with Crippen LogP contribution >= 0.6 is 0 Å². The van der Waals surface area contributed by atoms with Gasteiger partial charge in [-0.2, -0.15) is 4.98 Å². The second-order valence-electron chi connectivity index (χ2n) is 10.9. The quantitative estimate of drug-likeness (QED) is 0.262. The lowest BCUT2D eigenvalue weighted by molar-refractivity contribution is 0.432. The summed E-state index contributed by atoms with van der Waals surface area (Å²) in [5.74, 6) is 2.08. The zero-order chi connectivity index (χ0) is 29.5. The average Bonchev–Trinajstić information content (AvgIpc) is 3.61. The number of nitrogens with one attached hydrogen (secondary N) is 1. The van der Waals surface area contributed by atoms with Crippen molar-refractivity contribution in [3.05, 3.63) is 23.9 Å². The first-order valence-corrected chi connectivity index (χ1v) is 15.2. The third kappa shape index (κ3) is 10.5. The number of hydrogen-bond donors (Lipinski definition) is 2. The maximum Gasteiger partial charge on any atom is 0.225 e. The highest BCUT2D eigenvalue weighted by molar-refractivity contribution is 6.30. The Hall–Kier alpha value is -3.10. The normalized spacial score (nSPS) is 18.5. The van der Waals surface area contributed by atoms with Crippen LogP contribution in [0.15, 0.2) is 27.5 Å². The van der Waals surface area contributed by atoms with Gasteiger partial charge in [0.25, 0.3) is 0 Å². The van der Waals surface area contributed by atoms with Crippen molar-refractivity contribution in [3.8, 4) is 0 Å². The SMILES string of the molecule is CC=Nc1c(N)nc(NCCc2cn(C(C)C)cn2)nc1C[C@H]1CCC(C(C)N=CC(CC)=NC)C1.CCCC. The van der Waals surface area contributed by atoms with E-state index < -0.39 is 0 Å². The molecule has 1 aliphatic rings. The van der Waals surface area contributed by atoms with Crippen LogP contribution < -0.4 is 11.1 Å². The summed E-state index contributed by atoms with van der Waals surface area (Å²) >= 11 is 0. The van der Waals surface area contributed by atoms with Gasteiger partial charge in [-0.05, 0) is 71.6 Å². The second-order valence-corrected chi connectivity index (χ2v) is 10.9. The highest BCUT2D eigenvalue weighted by Gasteiger charge is 2.30. The number of nitrogen functional groups attached to an aromatic ring is 1. The molecule has 0 aromatic carbocycles. The molecule has 1 saturated carbocycles. The lowest BCUT2D eigenvalue weighted by Gasteiger charge is -2.17. The molecule has 0 saturated heterocycles. The van der Waals surface area contributed by atoms with Crippen LogP contribution in [-0.2, 0) is 12.8 Å². The molecule has 1 fully saturated rings. The standard InChI is InChI=1S/C27H43N9.C4H10/c1-7-22(29-6)15-32-19(5)21-10-9-20(13-21)14-24-25(30-8-2)26(28)35-27(34-24)31-12-11-23-16-36(17-33-23)18(3)4;1-3-4-2/h8,15-21H,7,9-14H2,1-6H3,(H3,28,31,34,35);3-4H2,1-2H3/t19?,20-,21?;/m0./s1. The molecule has 3 rings (SSSR count). The van der Waals surface area contributed by atoms with Crippen molar-refractivity contribution in [2.75, 3.05) is 24.6 Å². The zero-order valence-electron chi connectivity index (χ0n) is 26.2. The van der Waals surface area contributed by atoms with Crippen molar-refractivity contribution >= 4 is 35.6 Å². The minimum atomic E-state index is 0.290. The number of anilines is 2. The van der Waals surface area contributed by atoms with Crippen LogP contribution in [0.1, 0.15) is 104 Å². The molecule has 0 amide bonds. The summed E-state index contributed by atoms with van der Waals surface area (Å²) in [7, 11) is 1.83. The summed E-state index contributed by atoms with van der Waals surface area (Å²) in [5, 5.41) is 3.34. The van der Waals surface area contributed by atoms with Gasteiger partial charge in [0.1, 0.15) is 5.69 Å². The lowest BCUT2D eigenvalue weighted by Crippen LogP contribution is -2.15. The van der Waals surface area contributed by atoms with Gasteiger partial charge in [0, 0.05) is 50.7 Å². The minimum Gasteiger partial charge on any atom is -0.382 e. The number of rotatable bonds is 13. The number of nitrogens with zero attached hydrogens (tertiary/aromatic N) is 7. The van der Waals surface area contributed by atoms with Gasteiger partial charge in [0.15, 0.2) is 5.82 Å². The van der Waals surface area contributed by atoms with E-state index >= 15 is 0 Å². The van der Waals surface area contributed by atoms with Gasteiger partial charge in [-0.15, -0.1) is 0 Å². The van der Waals surface area contributed by atoms with Crippen molar-refractivity contribution in [2.45, 2.75) is 112 Å². The minimum absolute atomic E-state index is 0.290. The summed E-state index contributed by atoms with van der Waals surface area (Å²) in [5.41, 5.74) is 10.0. The molecule has 0 aliphatic heterocycles. The Balaban J connectivity index is 0.00000131. The van der Waals surface area contributed by atoms with Crippen LogP contribution in [0.3, 0.4) is 0 Å². The highest BCUT2D eigenvalue weighted by atomic mass is 15.1. The maximum absolute atomic E-state index is 6.32. The van der Waals surface area contributed by atoms with Crippen LogP contribution in [-0.4, -0.2) is 57.3 Å². The van der Waals surface area contributed by atoms with Gasteiger partial charge < -0.3 is 15.6 Å². The van der Waals surface area contributed by atoms with Crippen molar-refractivity contribution in [2.24, 2.45) is 26.8 Å². The molecule has 3 atom stereocenters. The Morgan fingerprint density at radius 3 is 2.52 bits per heavy atom. The summed E-state index contributed by atoms with van der Waals surface area (Å²) in [6.45, 7) is 15.6. The number of hydrogen-bond acceptors (Lipinski definition) is 8. The first-order chi connectivity index (χ1) is 19.3. The molecule has 0 spiro atoms. The highest BCUT2D eigenvalue weighted by Crippen LogP contribution is 2.38. The third-order valence-electron chi connectivity index (χ3n) is 7.51. The number of unbranched alkanes of at least 4 members (excludes halogenated alkanes) is 1. The van der Waals surface area contributed by atoms with E-state index in [1.807, 2.05) is 26.5 Å². The van der Waals surface area contributed by atoms with Crippen molar-refractivity contribution in [1.82, 2.24) is 19.5 Å². The molecule has 0 bridgehead atoms. The van der Waals surface area contributed by atoms with Crippen molar-refractivity contribution < 1.29 is 0 Å². The van der Waals surface area contributed by atoms with Gasteiger partial charge in [0.2, 0.25) is 5.95 Å². The first kappa shape index (κ1) is 33.1. The predicted molar refractivity (Wildman–Crippen MR) is 172 cm³/mol. The zero-order valence-corrected chi connectivity index (χ0v) is 26.2. The lowest BCUT2D eigenvalue weighted by atomic mass is 9.95. The van der Waals surface area contributed by atoms with Crippen molar-refractivity contribution in [3.63, 3.8) is 0 Å². The number of aliphatic imine (C=N–C) groups is 3. The predicted octanol–water partition coefficient (Wildman–Crippen LogP) is 6.92. The Morgan fingerprint density at radius 1 is 1.18 bits per heavy atom. The molecule has 2 heterocycles. The van der Waals surface area contributed by atoms with Gasteiger partial charge in [-0.1, -0.05) is 33.6 Å². The number of nitrogens with two attached hydrogens (primary N) is 1. The molecule has 2 aromatic heterocycles. The first-order valence-electron chi connectivity index (χ1n) is 15.2. The Kier molecular flexibility index (Phi) is 14.5. The molecule has 9 nitrogen and oxygen atoms in total. The number of aromatic nitrogens is 4. The Labute approximate surface area is 242 Å². The molecule has 2 unspecified atom stereocenters. The van der Waals surface area contributed by atoms with Crippen LogP contribution in [0.5, 0.6) is 0 Å². The average molecular weight is 552 g/mol. The van der Waals surface area contributed by atoms with Crippen LogP contribution in [0.2, 0.25) is 0 Å². The molecule has 3 N–H and O–H groups in total. The largest absolute Gasteiger partial charge is 0.382 e. The molecule has 1 aliphatic carbocycles. The second kappa shape index (κ2) is 17.6. The molecule has 40 heavy (non-hydrogen) atoms.